The first kappa shape index (κ1) is 13.1. The third-order valence-corrected chi connectivity index (χ3v) is 3.58. The van der Waals surface area contributed by atoms with Crippen LogP contribution in [0.5, 0.6) is 0 Å². The fourth-order valence-electron chi connectivity index (χ4n) is 2.36. The maximum absolute atomic E-state index is 4.60. The SMILES string of the molecule is CCNc1cncc(N(C)C2CCN(C)CC2)n1. The van der Waals surface area contributed by atoms with Gasteiger partial charge in [-0.3, -0.25) is 4.98 Å². The Morgan fingerprint density at radius 2 is 2.11 bits per heavy atom. The number of nitrogens with one attached hydrogen (secondary N) is 1. The van der Waals surface area contributed by atoms with Crippen LogP contribution in [0.25, 0.3) is 0 Å². The zero-order valence-electron chi connectivity index (χ0n) is 11.6. The number of hydrogen-bond donors (Lipinski definition) is 1. The fourth-order valence-corrected chi connectivity index (χ4v) is 2.36. The lowest BCUT2D eigenvalue weighted by atomic mass is 10.0. The maximum Gasteiger partial charge on any atom is 0.149 e. The molecule has 1 fully saturated rings. The van der Waals surface area contributed by atoms with Crippen LogP contribution in [0.3, 0.4) is 0 Å². The molecule has 1 N–H and O–H groups in total. The monoisotopic (exact) mass is 249 g/mol. The number of anilines is 2. The number of likely N-dealkylation sites (tertiary alicyclic amines) is 1. The summed E-state index contributed by atoms with van der Waals surface area (Å²) < 4.78 is 0. The molecule has 100 valence electrons. The molecule has 0 aromatic carbocycles. The summed E-state index contributed by atoms with van der Waals surface area (Å²) in [5.41, 5.74) is 0. The average Bonchev–Trinajstić information content (AvgIpc) is 2.39. The van der Waals surface area contributed by atoms with Gasteiger partial charge in [0.25, 0.3) is 0 Å². The Morgan fingerprint density at radius 3 is 2.78 bits per heavy atom. The van der Waals surface area contributed by atoms with Crippen LogP contribution in [0, 0.1) is 0 Å². The smallest absolute Gasteiger partial charge is 0.149 e. The van der Waals surface area contributed by atoms with Crippen LogP contribution in [0.4, 0.5) is 11.6 Å². The summed E-state index contributed by atoms with van der Waals surface area (Å²) in [7, 11) is 4.30. The van der Waals surface area contributed by atoms with E-state index in [9.17, 15) is 0 Å². The highest BCUT2D eigenvalue weighted by atomic mass is 15.2. The van der Waals surface area contributed by atoms with Crippen LogP contribution in [0.2, 0.25) is 0 Å². The molecule has 1 aromatic rings. The highest BCUT2D eigenvalue weighted by molar-refractivity contribution is 5.44. The molecule has 1 aliphatic heterocycles. The van der Waals surface area contributed by atoms with Gasteiger partial charge in [0.2, 0.25) is 0 Å². The van der Waals surface area contributed by atoms with Gasteiger partial charge in [-0.1, -0.05) is 0 Å². The van der Waals surface area contributed by atoms with Crippen LogP contribution < -0.4 is 10.2 Å². The topological polar surface area (TPSA) is 44.3 Å². The second kappa shape index (κ2) is 6.00. The lowest BCUT2D eigenvalue weighted by Gasteiger charge is -2.35. The first-order valence-electron chi connectivity index (χ1n) is 6.68. The van der Waals surface area contributed by atoms with Gasteiger partial charge in [-0.15, -0.1) is 0 Å². The van der Waals surface area contributed by atoms with E-state index in [1.165, 1.54) is 12.8 Å². The Hall–Kier alpha value is -1.36. The van der Waals surface area contributed by atoms with E-state index in [1.807, 2.05) is 6.20 Å². The molecule has 18 heavy (non-hydrogen) atoms. The molecule has 0 saturated carbocycles. The van der Waals surface area contributed by atoms with Crippen molar-refractivity contribution in [2.45, 2.75) is 25.8 Å². The molecule has 1 aliphatic rings. The van der Waals surface area contributed by atoms with Gasteiger partial charge in [0.05, 0.1) is 12.4 Å². The van der Waals surface area contributed by atoms with Crippen LogP contribution in [-0.2, 0) is 0 Å². The Morgan fingerprint density at radius 1 is 1.39 bits per heavy atom. The molecular weight excluding hydrogens is 226 g/mol. The summed E-state index contributed by atoms with van der Waals surface area (Å²) in [6.07, 6.45) is 6.01. The predicted molar refractivity (Wildman–Crippen MR) is 75.1 cm³/mol. The van der Waals surface area contributed by atoms with Gasteiger partial charge >= 0.3 is 0 Å². The summed E-state index contributed by atoms with van der Waals surface area (Å²) in [5, 5.41) is 3.20. The van der Waals surface area contributed by atoms with Crippen molar-refractivity contribution in [2.24, 2.45) is 0 Å². The van der Waals surface area contributed by atoms with Crippen molar-refractivity contribution in [3.05, 3.63) is 12.4 Å². The Labute approximate surface area is 109 Å². The molecule has 2 heterocycles. The van der Waals surface area contributed by atoms with Crippen molar-refractivity contribution >= 4 is 11.6 Å². The van der Waals surface area contributed by atoms with Gasteiger partial charge in [-0.25, -0.2) is 4.98 Å². The van der Waals surface area contributed by atoms with Gasteiger partial charge in [0.1, 0.15) is 11.6 Å². The maximum atomic E-state index is 4.60. The molecule has 0 radical (unpaired) electrons. The quantitative estimate of drug-likeness (QED) is 0.874. The van der Waals surface area contributed by atoms with Gasteiger partial charge < -0.3 is 15.1 Å². The van der Waals surface area contributed by atoms with E-state index in [-0.39, 0.29) is 0 Å². The minimum absolute atomic E-state index is 0.576. The summed E-state index contributed by atoms with van der Waals surface area (Å²) in [6.45, 7) is 5.26. The van der Waals surface area contributed by atoms with Gasteiger partial charge in [-0.05, 0) is 39.9 Å². The molecule has 0 aliphatic carbocycles. The largest absolute Gasteiger partial charge is 0.369 e. The Bertz CT molecular complexity index is 373. The van der Waals surface area contributed by atoms with E-state index < -0.39 is 0 Å². The number of hydrogen-bond acceptors (Lipinski definition) is 5. The first-order valence-corrected chi connectivity index (χ1v) is 6.68. The zero-order valence-corrected chi connectivity index (χ0v) is 11.6. The van der Waals surface area contributed by atoms with Crippen molar-refractivity contribution in [1.29, 1.82) is 0 Å². The molecule has 0 unspecified atom stereocenters. The van der Waals surface area contributed by atoms with Crippen molar-refractivity contribution in [3.8, 4) is 0 Å². The Kier molecular flexibility index (Phi) is 4.36. The van der Waals surface area contributed by atoms with E-state index in [0.717, 1.165) is 31.3 Å². The Balaban J connectivity index is 2.03. The molecule has 0 spiro atoms. The van der Waals surface area contributed by atoms with Gasteiger partial charge in [0.15, 0.2) is 0 Å². The summed E-state index contributed by atoms with van der Waals surface area (Å²) in [6, 6.07) is 0.576. The van der Waals surface area contributed by atoms with Gasteiger partial charge in [0, 0.05) is 19.6 Å². The molecule has 1 saturated heterocycles. The van der Waals surface area contributed by atoms with Crippen LogP contribution >= 0.6 is 0 Å². The molecule has 0 bridgehead atoms. The van der Waals surface area contributed by atoms with Crippen molar-refractivity contribution in [3.63, 3.8) is 0 Å². The van der Waals surface area contributed by atoms with E-state index in [1.54, 1.807) is 6.20 Å². The highest BCUT2D eigenvalue weighted by Gasteiger charge is 2.21. The number of rotatable bonds is 4. The van der Waals surface area contributed by atoms with Crippen molar-refractivity contribution < 1.29 is 0 Å². The minimum Gasteiger partial charge on any atom is -0.369 e. The average molecular weight is 249 g/mol. The molecule has 5 heteroatoms. The van der Waals surface area contributed by atoms with Gasteiger partial charge in [-0.2, -0.15) is 0 Å². The fraction of sp³-hybridized carbons (Fsp3) is 0.692. The third kappa shape index (κ3) is 3.10. The molecule has 2 rings (SSSR count). The summed E-state index contributed by atoms with van der Waals surface area (Å²) in [4.78, 5) is 13.5. The van der Waals surface area contributed by atoms with E-state index in [2.05, 4.69) is 46.1 Å². The number of piperidine rings is 1. The lowest BCUT2D eigenvalue weighted by Crippen LogP contribution is -2.42. The predicted octanol–water partition coefficient (Wildman–Crippen LogP) is 1.44. The second-order valence-electron chi connectivity index (χ2n) is 4.94. The van der Waals surface area contributed by atoms with Crippen LogP contribution in [0.15, 0.2) is 12.4 Å². The standard InChI is InChI=1S/C13H23N5/c1-4-15-12-9-14-10-13(16-12)18(3)11-5-7-17(2)8-6-11/h9-11H,4-8H2,1-3H3,(H,15,16). The second-order valence-corrected chi connectivity index (χ2v) is 4.94. The van der Waals surface area contributed by atoms with Crippen molar-refractivity contribution in [2.75, 3.05) is 43.9 Å². The van der Waals surface area contributed by atoms with E-state index in [4.69, 9.17) is 0 Å². The normalized spacial score (nSPS) is 17.7. The van der Waals surface area contributed by atoms with Crippen LogP contribution in [0.1, 0.15) is 19.8 Å². The van der Waals surface area contributed by atoms with E-state index in [0.29, 0.717) is 6.04 Å². The number of aromatic nitrogens is 2. The third-order valence-electron chi connectivity index (χ3n) is 3.58. The molecule has 0 amide bonds. The lowest BCUT2D eigenvalue weighted by molar-refractivity contribution is 0.252. The molecule has 0 atom stereocenters. The van der Waals surface area contributed by atoms with Crippen molar-refractivity contribution in [1.82, 2.24) is 14.9 Å². The summed E-state index contributed by atoms with van der Waals surface area (Å²) >= 11 is 0. The van der Waals surface area contributed by atoms with Crippen LogP contribution in [-0.4, -0.2) is 54.6 Å². The van der Waals surface area contributed by atoms with E-state index >= 15 is 0 Å². The molecule has 5 nitrogen and oxygen atoms in total. The summed E-state index contributed by atoms with van der Waals surface area (Å²) in [5.74, 6) is 1.82. The molecule has 1 aromatic heterocycles. The molecular formula is C13H23N5. The number of nitrogens with zero attached hydrogens (tertiary/aromatic N) is 4. The highest BCUT2D eigenvalue weighted by Crippen LogP contribution is 2.20. The zero-order chi connectivity index (χ0) is 13.0. The minimum atomic E-state index is 0.576. The first-order chi connectivity index (χ1) is 8.70.